The van der Waals surface area contributed by atoms with Crippen molar-refractivity contribution in [3.8, 4) is 0 Å². The molecule has 1 heterocycles. The SMILES string of the molecule is O=C1CC(c2ccccc2F)C(c2ccccc2)N1. The highest BCUT2D eigenvalue weighted by atomic mass is 19.1. The van der Waals surface area contributed by atoms with E-state index in [0.717, 1.165) is 5.56 Å². The van der Waals surface area contributed by atoms with Gasteiger partial charge in [0.15, 0.2) is 0 Å². The highest BCUT2D eigenvalue weighted by Gasteiger charge is 2.35. The Labute approximate surface area is 111 Å². The molecular weight excluding hydrogens is 241 g/mol. The molecule has 0 bridgehead atoms. The third kappa shape index (κ3) is 2.24. The average Bonchev–Trinajstić information content (AvgIpc) is 2.82. The fourth-order valence-electron chi connectivity index (χ4n) is 2.69. The van der Waals surface area contributed by atoms with Gasteiger partial charge in [0.1, 0.15) is 5.82 Å². The number of rotatable bonds is 2. The van der Waals surface area contributed by atoms with Crippen molar-refractivity contribution in [2.45, 2.75) is 18.4 Å². The van der Waals surface area contributed by atoms with E-state index < -0.39 is 0 Å². The maximum absolute atomic E-state index is 13.9. The van der Waals surface area contributed by atoms with E-state index in [1.165, 1.54) is 6.07 Å². The van der Waals surface area contributed by atoms with Crippen molar-refractivity contribution < 1.29 is 9.18 Å². The number of halogens is 1. The number of nitrogens with one attached hydrogen (secondary N) is 1. The highest BCUT2D eigenvalue weighted by molar-refractivity contribution is 5.80. The summed E-state index contributed by atoms with van der Waals surface area (Å²) in [5.74, 6) is -0.414. The van der Waals surface area contributed by atoms with E-state index >= 15 is 0 Å². The summed E-state index contributed by atoms with van der Waals surface area (Å²) in [6.07, 6.45) is 0.334. The normalized spacial score (nSPS) is 22.3. The highest BCUT2D eigenvalue weighted by Crippen LogP contribution is 2.38. The Kier molecular flexibility index (Phi) is 3.03. The van der Waals surface area contributed by atoms with Crippen LogP contribution in [-0.2, 0) is 4.79 Å². The first-order valence-electron chi connectivity index (χ1n) is 6.34. The number of amides is 1. The van der Waals surface area contributed by atoms with E-state index in [-0.39, 0.29) is 23.7 Å². The average molecular weight is 255 g/mol. The third-order valence-electron chi connectivity index (χ3n) is 3.59. The van der Waals surface area contributed by atoms with Gasteiger partial charge in [-0.25, -0.2) is 4.39 Å². The van der Waals surface area contributed by atoms with Gasteiger partial charge >= 0.3 is 0 Å². The molecular formula is C16H14FNO. The molecule has 0 saturated carbocycles. The van der Waals surface area contributed by atoms with Crippen LogP contribution in [0.2, 0.25) is 0 Å². The molecule has 1 aliphatic rings. The molecule has 1 N–H and O–H groups in total. The fraction of sp³-hybridized carbons (Fsp3) is 0.188. The van der Waals surface area contributed by atoms with E-state index in [2.05, 4.69) is 5.32 Å². The molecule has 0 spiro atoms. The molecule has 2 atom stereocenters. The van der Waals surface area contributed by atoms with Crippen molar-refractivity contribution in [3.63, 3.8) is 0 Å². The Morgan fingerprint density at radius 1 is 1.00 bits per heavy atom. The van der Waals surface area contributed by atoms with Crippen molar-refractivity contribution in [1.82, 2.24) is 5.32 Å². The molecule has 3 heteroatoms. The standard InChI is InChI=1S/C16H14FNO/c17-14-9-5-4-8-12(14)13-10-15(19)18-16(13)11-6-2-1-3-7-11/h1-9,13,16H,10H2,(H,18,19). The van der Waals surface area contributed by atoms with E-state index in [1.807, 2.05) is 36.4 Å². The van der Waals surface area contributed by atoms with Crippen molar-refractivity contribution in [1.29, 1.82) is 0 Å². The molecule has 0 aliphatic carbocycles. The van der Waals surface area contributed by atoms with Gasteiger partial charge < -0.3 is 5.32 Å². The Morgan fingerprint density at radius 3 is 2.42 bits per heavy atom. The van der Waals surface area contributed by atoms with Crippen molar-refractivity contribution >= 4 is 5.91 Å². The molecule has 1 saturated heterocycles. The molecule has 3 rings (SSSR count). The summed E-state index contributed by atoms with van der Waals surface area (Å²) in [4.78, 5) is 11.7. The van der Waals surface area contributed by atoms with Crippen molar-refractivity contribution in [3.05, 3.63) is 71.5 Å². The van der Waals surface area contributed by atoms with Crippen LogP contribution in [0.4, 0.5) is 4.39 Å². The minimum absolute atomic E-state index is 0.0258. The molecule has 2 unspecified atom stereocenters. The lowest BCUT2D eigenvalue weighted by molar-refractivity contribution is -0.119. The zero-order valence-electron chi connectivity index (χ0n) is 10.3. The molecule has 19 heavy (non-hydrogen) atoms. The number of hydrogen-bond acceptors (Lipinski definition) is 1. The summed E-state index contributed by atoms with van der Waals surface area (Å²) in [7, 11) is 0. The molecule has 1 aliphatic heterocycles. The van der Waals surface area contributed by atoms with Crippen LogP contribution in [0.3, 0.4) is 0 Å². The van der Waals surface area contributed by atoms with E-state index in [4.69, 9.17) is 0 Å². The second-order valence-electron chi connectivity index (χ2n) is 4.79. The second kappa shape index (κ2) is 4.84. The number of benzene rings is 2. The van der Waals surface area contributed by atoms with Gasteiger partial charge in [-0.15, -0.1) is 0 Å². The predicted octanol–water partition coefficient (Wildman–Crippen LogP) is 3.17. The van der Waals surface area contributed by atoms with Gasteiger partial charge in [-0.05, 0) is 17.2 Å². The summed E-state index contributed by atoms with van der Waals surface area (Å²) in [6, 6.07) is 16.2. The lowest BCUT2D eigenvalue weighted by Crippen LogP contribution is -2.20. The monoisotopic (exact) mass is 255 g/mol. The summed E-state index contributed by atoms with van der Waals surface area (Å²) < 4.78 is 13.9. The van der Waals surface area contributed by atoms with Crippen LogP contribution >= 0.6 is 0 Å². The first-order chi connectivity index (χ1) is 9.25. The smallest absolute Gasteiger partial charge is 0.221 e. The molecule has 2 nitrogen and oxygen atoms in total. The molecule has 2 aromatic rings. The number of carbonyl (C=O) groups excluding carboxylic acids is 1. The maximum Gasteiger partial charge on any atom is 0.221 e. The minimum atomic E-state index is -0.245. The van der Waals surface area contributed by atoms with Gasteiger partial charge in [0.05, 0.1) is 6.04 Å². The van der Waals surface area contributed by atoms with Crippen LogP contribution in [0.1, 0.15) is 29.5 Å². The zero-order chi connectivity index (χ0) is 13.2. The van der Waals surface area contributed by atoms with Crippen LogP contribution in [0.25, 0.3) is 0 Å². The summed E-state index contributed by atoms with van der Waals surface area (Å²) in [5, 5.41) is 2.94. The molecule has 1 amide bonds. The van der Waals surface area contributed by atoms with E-state index in [9.17, 15) is 9.18 Å². The Morgan fingerprint density at radius 2 is 1.68 bits per heavy atom. The van der Waals surface area contributed by atoms with Gasteiger partial charge in [0.2, 0.25) is 5.91 Å². The van der Waals surface area contributed by atoms with Crippen molar-refractivity contribution in [2.75, 3.05) is 0 Å². The second-order valence-corrected chi connectivity index (χ2v) is 4.79. The molecule has 1 fully saturated rings. The van der Waals surface area contributed by atoms with Gasteiger partial charge in [-0.3, -0.25) is 4.79 Å². The first kappa shape index (κ1) is 11.9. The summed E-state index contributed by atoms with van der Waals surface area (Å²) in [5.41, 5.74) is 1.62. The number of carbonyl (C=O) groups is 1. The lowest BCUT2D eigenvalue weighted by atomic mass is 9.87. The third-order valence-corrected chi connectivity index (χ3v) is 3.59. The fourth-order valence-corrected chi connectivity index (χ4v) is 2.69. The zero-order valence-corrected chi connectivity index (χ0v) is 10.3. The van der Waals surface area contributed by atoms with Gasteiger partial charge in [-0.2, -0.15) is 0 Å². The van der Waals surface area contributed by atoms with Crippen LogP contribution in [0.15, 0.2) is 54.6 Å². The first-order valence-corrected chi connectivity index (χ1v) is 6.34. The Balaban J connectivity index is 2.00. The van der Waals surface area contributed by atoms with Crippen LogP contribution in [-0.4, -0.2) is 5.91 Å². The molecule has 2 aromatic carbocycles. The molecule has 0 aromatic heterocycles. The summed E-state index contributed by atoms with van der Waals surface area (Å²) in [6.45, 7) is 0. The van der Waals surface area contributed by atoms with Gasteiger partial charge in [-0.1, -0.05) is 48.5 Å². The topological polar surface area (TPSA) is 29.1 Å². The number of hydrogen-bond donors (Lipinski definition) is 1. The minimum Gasteiger partial charge on any atom is -0.349 e. The van der Waals surface area contributed by atoms with Crippen LogP contribution in [0.5, 0.6) is 0 Å². The maximum atomic E-state index is 13.9. The van der Waals surface area contributed by atoms with Crippen LogP contribution in [0, 0.1) is 5.82 Å². The quantitative estimate of drug-likeness (QED) is 0.877. The van der Waals surface area contributed by atoms with Gasteiger partial charge in [0.25, 0.3) is 0 Å². The van der Waals surface area contributed by atoms with E-state index in [0.29, 0.717) is 12.0 Å². The van der Waals surface area contributed by atoms with Crippen LogP contribution < -0.4 is 5.32 Å². The molecule has 0 radical (unpaired) electrons. The molecule has 96 valence electrons. The van der Waals surface area contributed by atoms with Crippen molar-refractivity contribution in [2.24, 2.45) is 0 Å². The van der Waals surface area contributed by atoms with Gasteiger partial charge in [0, 0.05) is 12.3 Å². The van der Waals surface area contributed by atoms with E-state index in [1.54, 1.807) is 12.1 Å². The summed E-state index contributed by atoms with van der Waals surface area (Å²) >= 11 is 0. The Bertz CT molecular complexity index is 597. The largest absolute Gasteiger partial charge is 0.349 e. The Hall–Kier alpha value is -2.16. The predicted molar refractivity (Wildman–Crippen MR) is 71.1 cm³/mol. The lowest BCUT2D eigenvalue weighted by Gasteiger charge is -2.20.